The van der Waals surface area contributed by atoms with E-state index in [-0.39, 0.29) is 23.5 Å². The van der Waals surface area contributed by atoms with E-state index in [1.807, 2.05) is 6.07 Å². The molecule has 8 nitrogen and oxygen atoms in total. The monoisotopic (exact) mass is 572 g/mol. The molecule has 3 aromatic rings. The third kappa shape index (κ3) is 7.10. The summed E-state index contributed by atoms with van der Waals surface area (Å²) in [5, 5.41) is 10.8. The van der Waals surface area contributed by atoms with Gasteiger partial charge in [-0.15, -0.1) is 0 Å². The minimum atomic E-state index is -3.30. The maximum absolute atomic E-state index is 14.0. The highest BCUT2D eigenvalue weighted by molar-refractivity contribution is 7.88. The second-order valence-corrected chi connectivity index (χ2v) is 13.0. The number of nitrogens with zero attached hydrogens (tertiary/aromatic N) is 1. The van der Waals surface area contributed by atoms with Crippen LogP contribution in [0, 0.1) is 19.7 Å². The standard InChI is InChI=1S/C30H37FN2O6S/c1-18-13-21(31)14-19(2)29(18)39-26-12-7-20(30(3,4)35)15-24(26)25-17-33(5)28(34)16-27(25)38-23-10-8-22(9-11-23)32-40(6,36)37/h7,12-17,22-23,32,35H,8-11H2,1-6H3/t22-,23-. The maximum Gasteiger partial charge on any atom is 0.254 e. The largest absolute Gasteiger partial charge is 0.490 e. The highest BCUT2D eigenvalue weighted by Crippen LogP contribution is 2.42. The van der Waals surface area contributed by atoms with E-state index in [1.54, 1.807) is 53.1 Å². The normalized spacial score (nSPS) is 18.0. The fourth-order valence-corrected chi connectivity index (χ4v) is 5.91. The van der Waals surface area contributed by atoms with Gasteiger partial charge in [0.2, 0.25) is 10.0 Å². The Morgan fingerprint density at radius 2 is 1.62 bits per heavy atom. The number of nitrogens with one attached hydrogen (secondary N) is 1. The van der Waals surface area contributed by atoms with Crippen molar-refractivity contribution in [2.45, 2.75) is 71.1 Å². The van der Waals surface area contributed by atoms with Gasteiger partial charge in [0.25, 0.3) is 5.56 Å². The number of halogens is 1. The van der Waals surface area contributed by atoms with Gasteiger partial charge in [0, 0.05) is 36.5 Å². The van der Waals surface area contributed by atoms with Crippen LogP contribution in [0.3, 0.4) is 0 Å². The Bertz CT molecular complexity index is 1540. The van der Waals surface area contributed by atoms with Gasteiger partial charge >= 0.3 is 0 Å². The van der Waals surface area contributed by atoms with E-state index < -0.39 is 15.6 Å². The van der Waals surface area contributed by atoms with Gasteiger partial charge in [0.15, 0.2) is 0 Å². The topological polar surface area (TPSA) is 107 Å². The molecular weight excluding hydrogens is 535 g/mol. The van der Waals surface area contributed by atoms with Crippen molar-refractivity contribution in [2.75, 3.05) is 6.26 Å². The number of hydrogen-bond donors (Lipinski definition) is 2. The minimum absolute atomic E-state index is 0.149. The van der Waals surface area contributed by atoms with E-state index in [0.717, 1.165) is 6.26 Å². The van der Waals surface area contributed by atoms with Crippen molar-refractivity contribution in [2.24, 2.45) is 7.05 Å². The third-order valence-electron chi connectivity index (χ3n) is 7.15. The average molecular weight is 573 g/mol. The van der Waals surface area contributed by atoms with E-state index in [9.17, 15) is 22.7 Å². The molecule has 0 saturated heterocycles. The highest BCUT2D eigenvalue weighted by atomic mass is 32.2. The number of aromatic nitrogens is 1. The Kier molecular flexibility index (Phi) is 8.44. The molecule has 1 heterocycles. The van der Waals surface area contributed by atoms with E-state index in [2.05, 4.69) is 4.72 Å². The second-order valence-electron chi connectivity index (χ2n) is 11.2. The molecule has 1 fully saturated rings. The number of ether oxygens (including phenoxy) is 2. The number of aliphatic hydroxyl groups is 1. The summed E-state index contributed by atoms with van der Waals surface area (Å²) in [7, 11) is -1.65. The van der Waals surface area contributed by atoms with Crippen LogP contribution < -0.4 is 19.8 Å². The van der Waals surface area contributed by atoms with Gasteiger partial charge in [0.1, 0.15) is 23.1 Å². The van der Waals surface area contributed by atoms with Gasteiger partial charge < -0.3 is 19.1 Å². The fraction of sp³-hybridized carbons (Fsp3) is 0.433. The van der Waals surface area contributed by atoms with Crippen molar-refractivity contribution in [3.8, 4) is 28.4 Å². The molecule has 10 heteroatoms. The number of hydrogen-bond acceptors (Lipinski definition) is 6. The molecule has 1 aromatic heterocycles. The lowest BCUT2D eigenvalue weighted by molar-refractivity contribution is 0.0786. The Morgan fingerprint density at radius 3 is 2.20 bits per heavy atom. The Morgan fingerprint density at radius 1 is 1.00 bits per heavy atom. The van der Waals surface area contributed by atoms with Crippen molar-refractivity contribution in [3.63, 3.8) is 0 Å². The quantitative estimate of drug-likeness (QED) is 0.391. The molecule has 0 bridgehead atoms. The summed E-state index contributed by atoms with van der Waals surface area (Å²) in [5.74, 6) is 0.987. The van der Waals surface area contributed by atoms with Gasteiger partial charge in [-0.3, -0.25) is 4.79 Å². The van der Waals surface area contributed by atoms with Crippen LogP contribution in [-0.2, 0) is 22.7 Å². The number of rotatable bonds is 8. The van der Waals surface area contributed by atoms with Crippen LogP contribution >= 0.6 is 0 Å². The minimum Gasteiger partial charge on any atom is -0.490 e. The van der Waals surface area contributed by atoms with Crippen LogP contribution in [-0.4, -0.2) is 36.5 Å². The zero-order chi connectivity index (χ0) is 29.4. The van der Waals surface area contributed by atoms with Gasteiger partial charge in [-0.25, -0.2) is 17.5 Å². The van der Waals surface area contributed by atoms with E-state index in [0.29, 0.717) is 70.7 Å². The van der Waals surface area contributed by atoms with E-state index in [1.165, 1.54) is 22.8 Å². The first-order valence-corrected chi connectivity index (χ1v) is 15.2. The van der Waals surface area contributed by atoms with Crippen LogP contribution in [0.5, 0.6) is 17.2 Å². The molecule has 40 heavy (non-hydrogen) atoms. The first kappa shape index (κ1) is 29.8. The summed E-state index contributed by atoms with van der Waals surface area (Å²) in [6.45, 7) is 6.90. The fourth-order valence-electron chi connectivity index (χ4n) is 5.07. The third-order valence-corrected chi connectivity index (χ3v) is 7.91. The van der Waals surface area contributed by atoms with Crippen molar-refractivity contribution >= 4 is 10.0 Å². The molecule has 0 spiro atoms. The lowest BCUT2D eigenvalue weighted by Crippen LogP contribution is -2.39. The zero-order valence-electron chi connectivity index (χ0n) is 23.7. The smallest absolute Gasteiger partial charge is 0.254 e. The lowest BCUT2D eigenvalue weighted by Gasteiger charge is -2.30. The predicted octanol–water partition coefficient (Wildman–Crippen LogP) is 5.07. The maximum atomic E-state index is 14.0. The summed E-state index contributed by atoms with van der Waals surface area (Å²) in [6.07, 6.45) is 5.07. The first-order chi connectivity index (χ1) is 18.6. The summed E-state index contributed by atoms with van der Waals surface area (Å²) in [5.41, 5.74) is 1.68. The number of benzene rings is 2. The molecule has 0 aliphatic heterocycles. The molecule has 4 rings (SSSR count). The molecule has 0 unspecified atom stereocenters. The van der Waals surface area contributed by atoms with Crippen LogP contribution in [0.4, 0.5) is 4.39 Å². The molecule has 216 valence electrons. The van der Waals surface area contributed by atoms with Gasteiger partial charge in [-0.05, 0) is 94.3 Å². The summed E-state index contributed by atoms with van der Waals surface area (Å²) < 4.78 is 54.1. The van der Waals surface area contributed by atoms with Crippen LogP contribution in [0.2, 0.25) is 0 Å². The Hall–Kier alpha value is -3.21. The molecule has 1 saturated carbocycles. The molecule has 2 aromatic carbocycles. The van der Waals surface area contributed by atoms with Crippen molar-refractivity contribution < 1.29 is 27.4 Å². The van der Waals surface area contributed by atoms with Gasteiger partial charge in [-0.2, -0.15) is 0 Å². The first-order valence-electron chi connectivity index (χ1n) is 13.3. The molecule has 1 aliphatic rings. The molecule has 0 amide bonds. The molecule has 1 aliphatic carbocycles. The van der Waals surface area contributed by atoms with Crippen molar-refractivity contribution in [1.82, 2.24) is 9.29 Å². The Balaban J connectivity index is 1.76. The van der Waals surface area contributed by atoms with Crippen LogP contribution in [0.1, 0.15) is 56.2 Å². The van der Waals surface area contributed by atoms with Crippen molar-refractivity contribution in [3.05, 3.63) is 75.5 Å². The number of pyridine rings is 1. The average Bonchev–Trinajstić information content (AvgIpc) is 2.83. The molecule has 0 radical (unpaired) electrons. The van der Waals surface area contributed by atoms with Crippen LogP contribution in [0.25, 0.3) is 11.1 Å². The van der Waals surface area contributed by atoms with Gasteiger partial charge in [-0.1, -0.05) is 6.07 Å². The second kappa shape index (κ2) is 11.3. The van der Waals surface area contributed by atoms with E-state index >= 15 is 0 Å². The summed E-state index contributed by atoms with van der Waals surface area (Å²) in [4.78, 5) is 12.7. The number of sulfonamides is 1. The van der Waals surface area contributed by atoms with E-state index in [4.69, 9.17) is 9.47 Å². The predicted molar refractivity (Wildman–Crippen MR) is 153 cm³/mol. The molecule has 0 atom stereocenters. The zero-order valence-corrected chi connectivity index (χ0v) is 24.6. The summed E-state index contributed by atoms with van der Waals surface area (Å²) >= 11 is 0. The SMILES string of the molecule is Cc1cc(F)cc(C)c1Oc1ccc(C(C)(C)O)cc1-c1cn(C)c(=O)cc1O[C@H]1CC[C@H](NS(C)(=O)=O)CC1. The molecule has 2 N–H and O–H groups in total. The van der Waals surface area contributed by atoms with Crippen molar-refractivity contribution in [1.29, 1.82) is 0 Å². The number of aryl methyl sites for hydroxylation is 3. The van der Waals surface area contributed by atoms with Gasteiger partial charge in [0.05, 0.1) is 18.0 Å². The Labute approximate surface area is 234 Å². The highest BCUT2D eigenvalue weighted by Gasteiger charge is 2.27. The lowest BCUT2D eigenvalue weighted by atomic mass is 9.92. The molecular formula is C30H37FN2O6S. The summed E-state index contributed by atoms with van der Waals surface area (Å²) in [6, 6.07) is 9.43. The van der Waals surface area contributed by atoms with Crippen LogP contribution in [0.15, 0.2) is 47.4 Å².